The predicted molar refractivity (Wildman–Crippen MR) is 115 cm³/mol. The number of rotatable bonds is 4. The Bertz CT molecular complexity index is 1010. The lowest BCUT2D eigenvalue weighted by atomic mass is 10.0. The molecule has 146 valence electrons. The summed E-state index contributed by atoms with van der Waals surface area (Å²) < 4.78 is 0. The third-order valence-electron chi connectivity index (χ3n) is 6.20. The molecular weight excluding hydrogens is 346 g/mol. The largest absolute Gasteiger partial charge is 0.350 e. The van der Waals surface area contributed by atoms with Crippen molar-refractivity contribution in [1.29, 1.82) is 0 Å². The minimum atomic E-state index is 0.0964. The zero-order valence-corrected chi connectivity index (χ0v) is 17.2. The van der Waals surface area contributed by atoms with Crippen molar-refractivity contribution >= 4 is 16.8 Å². The summed E-state index contributed by atoms with van der Waals surface area (Å²) in [5.74, 6) is 0.0964. The molecule has 2 aromatic carbocycles. The monoisotopic (exact) mass is 375 g/mol. The van der Waals surface area contributed by atoms with Crippen LogP contribution in [0.4, 0.5) is 0 Å². The van der Waals surface area contributed by atoms with Gasteiger partial charge in [-0.1, -0.05) is 42.5 Å². The molecule has 1 fully saturated rings. The van der Waals surface area contributed by atoms with Crippen molar-refractivity contribution < 1.29 is 4.79 Å². The summed E-state index contributed by atoms with van der Waals surface area (Å²) in [7, 11) is 1.95. The third kappa shape index (κ3) is 3.33. The number of nitrogens with one attached hydrogen (secondary N) is 1. The number of fused-ring (bicyclic) bond motifs is 1. The van der Waals surface area contributed by atoms with E-state index in [0.717, 1.165) is 42.8 Å². The molecule has 0 radical (unpaired) electrons. The van der Waals surface area contributed by atoms with Crippen molar-refractivity contribution in [3.05, 3.63) is 70.4 Å². The summed E-state index contributed by atoms with van der Waals surface area (Å²) in [6.45, 7) is 9.16. The first-order valence-electron chi connectivity index (χ1n) is 10.1. The molecule has 1 aromatic heterocycles. The summed E-state index contributed by atoms with van der Waals surface area (Å²) in [5, 5.41) is 1.19. The lowest BCUT2D eigenvalue weighted by Crippen LogP contribution is -2.39. The first-order chi connectivity index (χ1) is 13.5. The van der Waals surface area contributed by atoms with Crippen LogP contribution in [-0.4, -0.2) is 46.9 Å². The Balaban J connectivity index is 1.51. The second-order valence-electron chi connectivity index (χ2n) is 8.15. The summed E-state index contributed by atoms with van der Waals surface area (Å²) in [6.07, 6.45) is 1.02. The fraction of sp³-hybridized carbons (Fsp3) is 0.375. The molecule has 3 aromatic rings. The van der Waals surface area contributed by atoms with Gasteiger partial charge in [-0.05, 0) is 49.4 Å². The van der Waals surface area contributed by atoms with Crippen LogP contribution >= 0.6 is 0 Å². The first-order valence-corrected chi connectivity index (χ1v) is 10.1. The van der Waals surface area contributed by atoms with Crippen LogP contribution in [-0.2, 0) is 6.54 Å². The van der Waals surface area contributed by atoms with Crippen molar-refractivity contribution in [2.75, 3.05) is 20.1 Å². The van der Waals surface area contributed by atoms with E-state index < -0.39 is 0 Å². The molecule has 1 amide bonds. The Kier molecular flexibility index (Phi) is 4.98. The van der Waals surface area contributed by atoms with E-state index in [-0.39, 0.29) is 11.9 Å². The fourth-order valence-electron chi connectivity index (χ4n) is 4.47. The maximum atomic E-state index is 13.3. The second-order valence-corrected chi connectivity index (χ2v) is 8.15. The second kappa shape index (κ2) is 7.44. The van der Waals surface area contributed by atoms with Gasteiger partial charge in [0.05, 0.1) is 0 Å². The zero-order chi connectivity index (χ0) is 19.8. The molecule has 4 rings (SSSR count). The average molecular weight is 376 g/mol. The summed E-state index contributed by atoms with van der Waals surface area (Å²) in [4.78, 5) is 21.1. The number of carbonyl (C=O) groups is 1. The standard InChI is InChI=1S/C24H29N3O/c1-16-10-11-17(2)22-21(16)18(3)23(25-22)24(28)26(4)20-12-13-27(15-20)14-19-8-6-5-7-9-19/h5-11,20,25H,12-15H2,1-4H3. The van der Waals surface area contributed by atoms with E-state index in [0.29, 0.717) is 0 Å². The highest BCUT2D eigenvalue weighted by molar-refractivity contribution is 6.02. The lowest BCUT2D eigenvalue weighted by Gasteiger charge is -2.25. The highest BCUT2D eigenvalue weighted by Crippen LogP contribution is 2.29. The van der Waals surface area contributed by atoms with E-state index in [1.165, 1.54) is 22.1 Å². The summed E-state index contributed by atoms with van der Waals surface area (Å²) >= 11 is 0. The van der Waals surface area contributed by atoms with Crippen molar-refractivity contribution in [1.82, 2.24) is 14.8 Å². The molecule has 1 aliphatic rings. The lowest BCUT2D eigenvalue weighted by molar-refractivity contribution is 0.0729. The Morgan fingerprint density at radius 2 is 1.82 bits per heavy atom. The molecule has 1 aliphatic heterocycles. The number of aromatic amines is 1. The van der Waals surface area contributed by atoms with Crippen LogP contribution in [0.2, 0.25) is 0 Å². The van der Waals surface area contributed by atoms with Gasteiger partial charge in [-0.25, -0.2) is 0 Å². The number of H-pyrrole nitrogens is 1. The zero-order valence-electron chi connectivity index (χ0n) is 17.2. The van der Waals surface area contributed by atoms with Gasteiger partial charge < -0.3 is 9.88 Å². The molecule has 0 bridgehead atoms. The van der Waals surface area contributed by atoms with E-state index in [1.54, 1.807) is 0 Å². The number of aryl methyl sites for hydroxylation is 3. The normalized spacial score (nSPS) is 17.4. The van der Waals surface area contributed by atoms with E-state index in [4.69, 9.17) is 0 Å². The molecule has 28 heavy (non-hydrogen) atoms. The molecule has 4 nitrogen and oxygen atoms in total. The Labute approximate surface area is 167 Å². The quantitative estimate of drug-likeness (QED) is 0.732. The topological polar surface area (TPSA) is 39.3 Å². The van der Waals surface area contributed by atoms with Crippen LogP contribution in [0.1, 0.15) is 39.2 Å². The molecule has 0 saturated carbocycles. The van der Waals surface area contributed by atoms with Crippen LogP contribution in [0, 0.1) is 20.8 Å². The van der Waals surface area contributed by atoms with Crippen LogP contribution in [0.3, 0.4) is 0 Å². The Hall–Kier alpha value is -2.59. The maximum Gasteiger partial charge on any atom is 0.270 e. The van der Waals surface area contributed by atoms with Gasteiger partial charge in [-0.2, -0.15) is 0 Å². The smallest absolute Gasteiger partial charge is 0.270 e. The van der Waals surface area contributed by atoms with E-state index in [2.05, 4.69) is 73.1 Å². The highest BCUT2D eigenvalue weighted by Gasteiger charge is 2.30. The van der Waals surface area contributed by atoms with Gasteiger partial charge in [0, 0.05) is 43.6 Å². The number of aromatic nitrogens is 1. The van der Waals surface area contributed by atoms with Crippen LogP contribution in [0.5, 0.6) is 0 Å². The average Bonchev–Trinajstić information content (AvgIpc) is 3.30. The number of nitrogens with zero attached hydrogens (tertiary/aromatic N) is 2. The Morgan fingerprint density at radius 1 is 1.11 bits per heavy atom. The number of likely N-dealkylation sites (tertiary alicyclic amines) is 1. The SMILES string of the molecule is Cc1ccc(C)c2c(C)c(C(=O)N(C)C3CCN(Cc4ccccc4)C3)[nH]c12. The summed E-state index contributed by atoms with van der Waals surface area (Å²) in [6, 6.07) is 15.1. The van der Waals surface area contributed by atoms with Crippen LogP contribution < -0.4 is 0 Å². The van der Waals surface area contributed by atoms with E-state index in [9.17, 15) is 4.79 Å². The van der Waals surface area contributed by atoms with Gasteiger partial charge in [0.1, 0.15) is 5.69 Å². The summed E-state index contributed by atoms with van der Waals surface area (Å²) in [5.41, 5.74) is 6.61. The molecule has 1 N–H and O–H groups in total. The van der Waals surface area contributed by atoms with Crippen LogP contribution in [0.25, 0.3) is 10.9 Å². The van der Waals surface area contributed by atoms with Crippen molar-refractivity contribution in [2.45, 2.75) is 39.8 Å². The molecule has 2 heterocycles. The highest BCUT2D eigenvalue weighted by atomic mass is 16.2. The minimum Gasteiger partial charge on any atom is -0.350 e. The Morgan fingerprint density at radius 3 is 2.54 bits per heavy atom. The first kappa shape index (κ1) is 18.8. The molecule has 1 unspecified atom stereocenters. The number of hydrogen-bond donors (Lipinski definition) is 1. The number of hydrogen-bond acceptors (Lipinski definition) is 2. The number of amides is 1. The fourth-order valence-corrected chi connectivity index (χ4v) is 4.47. The number of carbonyl (C=O) groups excluding carboxylic acids is 1. The molecule has 1 saturated heterocycles. The van der Waals surface area contributed by atoms with Crippen molar-refractivity contribution in [3.63, 3.8) is 0 Å². The van der Waals surface area contributed by atoms with Gasteiger partial charge in [-0.15, -0.1) is 0 Å². The van der Waals surface area contributed by atoms with Gasteiger partial charge in [0.2, 0.25) is 0 Å². The van der Waals surface area contributed by atoms with Crippen molar-refractivity contribution in [2.24, 2.45) is 0 Å². The molecule has 0 spiro atoms. The predicted octanol–water partition coefficient (Wildman–Crippen LogP) is 4.44. The van der Waals surface area contributed by atoms with E-state index in [1.807, 2.05) is 11.9 Å². The van der Waals surface area contributed by atoms with Gasteiger partial charge in [0.15, 0.2) is 0 Å². The maximum absolute atomic E-state index is 13.3. The molecule has 1 atom stereocenters. The third-order valence-corrected chi connectivity index (χ3v) is 6.20. The van der Waals surface area contributed by atoms with Gasteiger partial charge in [-0.3, -0.25) is 9.69 Å². The number of likely N-dealkylation sites (N-methyl/N-ethyl adjacent to an activating group) is 1. The molecule has 0 aliphatic carbocycles. The van der Waals surface area contributed by atoms with Crippen molar-refractivity contribution in [3.8, 4) is 0 Å². The minimum absolute atomic E-state index is 0.0964. The number of benzene rings is 2. The van der Waals surface area contributed by atoms with Crippen LogP contribution in [0.15, 0.2) is 42.5 Å². The van der Waals surface area contributed by atoms with Gasteiger partial charge in [0.25, 0.3) is 5.91 Å². The van der Waals surface area contributed by atoms with Gasteiger partial charge >= 0.3 is 0 Å². The molecular formula is C24H29N3O. The molecule has 4 heteroatoms. The van der Waals surface area contributed by atoms with E-state index >= 15 is 0 Å².